The van der Waals surface area contributed by atoms with Crippen LogP contribution < -0.4 is 15.2 Å². The first-order valence-electron chi connectivity index (χ1n) is 7.10. The van der Waals surface area contributed by atoms with Gasteiger partial charge in [0.05, 0.1) is 17.3 Å². The van der Waals surface area contributed by atoms with E-state index in [9.17, 15) is 14.7 Å². The number of nitrogens with zero attached hydrogens (tertiary/aromatic N) is 1. The average Bonchev–Trinajstić information content (AvgIpc) is 2.86. The highest BCUT2D eigenvalue weighted by Gasteiger charge is 2.34. The molecule has 0 spiro atoms. The van der Waals surface area contributed by atoms with Crippen LogP contribution in [0.25, 0.3) is 6.08 Å². The van der Waals surface area contributed by atoms with Gasteiger partial charge in [-0.2, -0.15) is 0 Å². The Morgan fingerprint density at radius 1 is 1.28 bits per heavy atom. The standard InChI is InChI=1S/C17H12BrClN2O4/c1-25-14-7-9(6-13(18)15(14)22)5-12-16(23)20-21(17(12)24)11-4-2-3-10(19)8-11/h2-8,22H,1H3,(H,20,23). The number of nitrogens with one attached hydrogen (secondary N) is 1. The zero-order valence-electron chi connectivity index (χ0n) is 12.9. The van der Waals surface area contributed by atoms with Crippen LogP contribution in [0.2, 0.25) is 5.02 Å². The van der Waals surface area contributed by atoms with Crippen molar-refractivity contribution >= 4 is 51.1 Å². The largest absolute Gasteiger partial charge is 0.503 e. The Labute approximate surface area is 156 Å². The SMILES string of the molecule is COc1cc(C=C2C(=O)NN(c3cccc(Cl)c3)C2=O)cc(Br)c1O. The van der Waals surface area contributed by atoms with Crippen molar-refractivity contribution in [3.05, 3.63) is 57.0 Å². The average molecular weight is 424 g/mol. The van der Waals surface area contributed by atoms with Gasteiger partial charge >= 0.3 is 0 Å². The number of phenols is 1. The fourth-order valence-corrected chi connectivity index (χ4v) is 3.00. The van der Waals surface area contributed by atoms with Gasteiger partial charge in [-0.05, 0) is 57.9 Å². The summed E-state index contributed by atoms with van der Waals surface area (Å²) in [6, 6.07) is 9.68. The number of hydrogen-bond donors (Lipinski definition) is 2. The molecule has 2 aromatic rings. The number of hydrogen-bond acceptors (Lipinski definition) is 4. The van der Waals surface area contributed by atoms with Crippen LogP contribution in [-0.4, -0.2) is 24.0 Å². The Bertz CT molecular complexity index is 914. The van der Waals surface area contributed by atoms with Crippen molar-refractivity contribution < 1.29 is 19.4 Å². The van der Waals surface area contributed by atoms with Crippen LogP contribution in [0, 0.1) is 0 Å². The van der Waals surface area contributed by atoms with Crippen LogP contribution in [-0.2, 0) is 9.59 Å². The molecule has 1 aliphatic rings. The van der Waals surface area contributed by atoms with Crippen LogP contribution >= 0.6 is 27.5 Å². The van der Waals surface area contributed by atoms with Crippen molar-refractivity contribution in [2.24, 2.45) is 0 Å². The highest BCUT2D eigenvalue weighted by Crippen LogP contribution is 2.36. The molecule has 8 heteroatoms. The molecule has 1 fully saturated rings. The summed E-state index contributed by atoms with van der Waals surface area (Å²) >= 11 is 9.14. The molecule has 6 nitrogen and oxygen atoms in total. The quantitative estimate of drug-likeness (QED) is 0.587. The van der Waals surface area contributed by atoms with Gasteiger partial charge in [0.25, 0.3) is 11.8 Å². The van der Waals surface area contributed by atoms with E-state index in [-0.39, 0.29) is 17.1 Å². The molecular weight excluding hydrogens is 412 g/mol. The predicted molar refractivity (Wildman–Crippen MR) is 97.4 cm³/mol. The number of methoxy groups -OCH3 is 1. The van der Waals surface area contributed by atoms with Crippen molar-refractivity contribution in [2.45, 2.75) is 0 Å². The third kappa shape index (κ3) is 3.33. The number of anilines is 1. The Kier molecular flexibility index (Phi) is 4.69. The zero-order chi connectivity index (χ0) is 18.1. The monoisotopic (exact) mass is 422 g/mol. The van der Waals surface area contributed by atoms with Gasteiger partial charge in [0, 0.05) is 5.02 Å². The van der Waals surface area contributed by atoms with E-state index in [2.05, 4.69) is 21.4 Å². The lowest BCUT2D eigenvalue weighted by molar-refractivity contribution is -0.117. The fourth-order valence-electron chi connectivity index (χ4n) is 2.35. The Hall–Kier alpha value is -2.51. The summed E-state index contributed by atoms with van der Waals surface area (Å²) in [5, 5.41) is 11.4. The second-order valence-electron chi connectivity index (χ2n) is 5.17. The molecule has 0 bridgehead atoms. The molecule has 0 saturated carbocycles. The number of halogens is 2. The normalized spacial score (nSPS) is 15.6. The Morgan fingerprint density at radius 2 is 2.04 bits per heavy atom. The number of benzene rings is 2. The summed E-state index contributed by atoms with van der Waals surface area (Å²) < 4.78 is 5.45. The maximum Gasteiger partial charge on any atom is 0.282 e. The predicted octanol–water partition coefficient (Wildman–Crippen LogP) is 3.28. The van der Waals surface area contributed by atoms with Gasteiger partial charge in [0.15, 0.2) is 11.5 Å². The van der Waals surface area contributed by atoms with Crippen LogP contribution in [0.1, 0.15) is 5.56 Å². The summed E-state index contributed by atoms with van der Waals surface area (Å²) in [4.78, 5) is 24.8. The smallest absolute Gasteiger partial charge is 0.282 e. The molecule has 0 aromatic heterocycles. The maximum atomic E-state index is 12.6. The molecule has 1 aliphatic heterocycles. The first kappa shape index (κ1) is 17.3. The van der Waals surface area contributed by atoms with E-state index >= 15 is 0 Å². The van der Waals surface area contributed by atoms with Gasteiger partial charge in [-0.25, -0.2) is 5.01 Å². The molecule has 2 amide bonds. The van der Waals surface area contributed by atoms with Crippen LogP contribution in [0.4, 0.5) is 5.69 Å². The number of rotatable bonds is 3. The molecular formula is C17H12BrClN2O4. The van der Waals surface area contributed by atoms with Gasteiger partial charge in [-0.15, -0.1) is 0 Å². The molecule has 25 heavy (non-hydrogen) atoms. The zero-order valence-corrected chi connectivity index (χ0v) is 15.3. The lowest BCUT2D eigenvalue weighted by atomic mass is 10.1. The van der Waals surface area contributed by atoms with Gasteiger partial charge in [-0.1, -0.05) is 17.7 Å². The minimum absolute atomic E-state index is 0.0420. The highest BCUT2D eigenvalue weighted by atomic mass is 79.9. The molecule has 2 N–H and O–H groups in total. The highest BCUT2D eigenvalue weighted by molar-refractivity contribution is 9.10. The van der Waals surface area contributed by atoms with Crippen molar-refractivity contribution in [1.82, 2.24) is 5.43 Å². The minimum atomic E-state index is -0.534. The van der Waals surface area contributed by atoms with Crippen molar-refractivity contribution in [3.63, 3.8) is 0 Å². The first-order valence-corrected chi connectivity index (χ1v) is 8.27. The lowest BCUT2D eigenvalue weighted by Gasteiger charge is -2.14. The fraction of sp³-hybridized carbons (Fsp3) is 0.0588. The summed E-state index contributed by atoms with van der Waals surface area (Å²) in [5.74, 6) is -0.880. The van der Waals surface area contributed by atoms with Gasteiger partial charge < -0.3 is 9.84 Å². The van der Waals surface area contributed by atoms with E-state index in [0.717, 1.165) is 5.01 Å². The van der Waals surface area contributed by atoms with Gasteiger partial charge in [0.2, 0.25) is 0 Å². The molecule has 0 atom stereocenters. The number of hydrazine groups is 1. The van der Waals surface area contributed by atoms with E-state index in [0.29, 0.717) is 20.7 Å². The number of phenolic OH excluding ortho intramolecular Hbond substituents is 1. The molecule has 0 aliphatic carbocycles. The van der Waals surface area contributed by atoms with E-state index < -0.39 is 11.8 Å². The third-order valence-electron chi connectivity index (χ3n) is 3.54. The minimum Gasteiger partial charge on any atom is -0.503 e. The Balaban J connectivity index is 1.98. The number of carbonyl (C=O) groups is 2. The van der Waals surface area contributed by atoms with E-state index in [1.807, 2.05) is 0 Å². The topological polar surface area (TPSA) is 78.9 Å². The third-order valence-corrected chi connectivity index (χ3v) is 4.38. The molecule has 0 radical (unpaired) electrons. The summed E-state index contributed by atoms with van der Waals surface area (Å²) in [6.07, 6.45) is 1.43. The van der Waals surface area contributed by atoms with E-state index in [1.165, 1.54) is 19.3 Å². The lowest BCUT2D eigenvalue weighted by Crippen LogP contribution is -2.35. The van der Waals surface area contributed by atoms with Crippen LogP contribution in [0.5, 0.6) is 11.5 Å². The van der Waals surface area contributed by atoms with Crippen molar-refractivity contribution in [2.75, 3.05) is 12.1 Å². The second kappa shape index (κ2) is 6.78. The number of aromatic hydroxyl groups is 1. The molecule has 3 rings (SSSR count). The first-order chi connectivity index (χ1) is 11.9. The number of carbonyl (C=O) groups excluding carboxylic acids is 2. The van der Waals surface area contributed by atoms with Crippen molar-refractivity contribution in [1.29, 1.82) is 0 Å². The summed E-state index contributed by atoms with van der Waals surface area (Å²) in [6.45, 7) is 0. The van der Waals surface area contributed by atoms with Crippen molar-refractivity contribution in [3.8, 4) is 11.5 Å². The van der Waals surface area contributed by atoms with Crippen LogP contribution in [0.15, 0.2) is 46.4 Å². The summed E-state index contributed by atoms with van der Waals surface area (Å²) in [5.41, 5.74) is 3.43. The van der Waals surface area contributed by atoms with E-state index in [1.54, 1.807) is 30.3 Å². The number of ether oxygens (including phenoxy) is 1. The molecule has 0 unspecified atom stereocenters. The maximum absolute atomic E-state index is 12.6. The molecule has 128 valence electrons. The summed E-state index contributed by atoms with van der Waals surface area (Å²) in [7, 11) is 1.41. The number of amides is 2. The van der Waals surface area contributed by atoms with E-state index in [4.69, 9.17) is 16.3 Å². The van der Waals surface area contributed by atoms with Crippen LogP contribution in [0.3, 0.4) is 0 Å². The molecule has 2 aromatic carbocycles. The molecule has 1 saturated heterocycles. The van der Waals surface area contributed by atoms with Gasteiger partial charge in [-0.3, -0.25) is 15.0 Å². The Morgan fingerprint density at radius 3 is 2.72 bits per heavy atom. The second-order valence-corrected chi connectivity index (χ2v) is 6.46. The molecule has 1 heterocycles. The van der Waals surface area contributed by atoms with Gasteiger partial charge in [0.1, 0.15) is 5.57 Å².